The summed E-state index contributed by atoms with van der Waals surface area (Å²) >= 11 is 0. The summed E-state index contributed by atoms with van der Waals surface area (Å²) in [4.78, 5) is 12.7. The van der Waals surface area contributed by atoms with Gasteiger partial charge >= 0.3 is 5.97 Å². The molecule has 4 aromatic rings. The van der Waals surface area contributed by atoms with E-state index in [2.05, 4.69) is 36.0 Å². The number of ether oxygens (including phenoxy) is 1. The van der Waals surface area contributed by atoms with E-state index in [1.807, 2.05) is 68.4 Å². The standard InChI is InChI=1S/C31H29NO4/c1-20-28(19-29(34)35-21(2)23-7-5-4-6-8-23)30(36-32-20)26-11-9-24(10-12-26)25-13-15-27(16-14-25)31(17-18-31)22(3)33/h4-16,21,33H,3,17-19H2,1-2H3/t21-/m1/s1. The van der Waals surface area contributed by atoms with Gasteiger partial charge in [0.25, 0.3) is 0 Å². The molecular formula is C31H29NO4. The smallest absolute Gasteiger partial charge is 0.311 e. The number of aliphatic hydroxyl groups excluding tert-OH is 1. The molecule has 1 aliphatic carbocycles. The topological polar surface area (TPSA) is 72.6 Å². The lowest BCUT2D eigenvalue weighted by Crippen LogP contribution is -2.12. The van der Waals surface area contributed by atoms with Gasteiger partial charge in [0.15, 0.2) is 5.76 Å². The number of allylic oxidation sites excluding steroid dienone is 1. The largest absolute Gasteiger partial charge is 0.512 e. The van der Waals surface area contributed by atoms with Crippen molar-refractivity contribution in [1.29, 1.82) is 0 Å². The highest BCUT2D eigenvalue weighted by Crippen LogP contribution is 2.52. The highest BCUT2D eigenvalue weighted by Gasteiger charge is 2.47. The van der Waals surface area contributed by atoms with Gasteiger partial charge in [-0.3, -0.25) is 4.79 Å². The van der Waals surface area contributed by atoms with Crippen LogP contribution in [0, 0.1) is 6.92 Å². The molecule has 1 N–H and O–H groups in total. The third kappa shape index (κ3) is 4.57. The van der Waals surface area contributed by atoms with E-state index in [-0.39, 0.29) is 29.7 Å². The molecule has 0 amide bonds. The lowest BCUT2D eigenvalue weighted by molar-refractivity contribution is -0.147. The van der Waals surface area contributed by atoms with Gasteiger partial charge in [0, 0.05) is 11.1 Å². The summed E-state index contributed by atoms with van der Waals surface area (Å²) in [5.74, 6) is 0.501. The van der Waals surface area contributed by atoms with Crippen molar-refractivity contribution in [3.05, 3.63) is 114 Å². The van der Waals surface area contributed by atoms with Crippen LogP contribution in [-0.2, 0) is 21.4 Å². The van der Waals surface area contributed by atoms with Crippen LogP contribution in [0.2, 0.25) is 0 Å². The third-order valence-corrected chi connectivity index (χ3v) is 7.10. The maximum Gasteiger partial charge on any atom is 0.311 e. The van der Waals surface area contributed by atoms with E-state index >= 15 is 0 Å². The molecule has 0 bridgehead atoms. The van der Waals surface area contributed by atoms with Gasteiger partial charge in [0.2, 0.25) is 0 Å². The molecule has 0 saturated heterocycles. The Morgan fingerprint density at radius 3 is 2.17 bits per heavy atom. The Morgan fingerprint density at radius 2 is 1.58 bits per heavy atom. The molecule has 5 nitrogen and oxygen atoms in total. The average molecular weight is 480 g/mol. The Bertz CT molecular complexity index is 1380. The van der Waals surface area contributed by atoms with Crippen molar-refractivity contribution >= 4 is 5.97 Å². The van der Waals surface area contributed by atoms with Crippen LogP contribution in [-0.4, -0.2) is 16.2 Å². The number of aryl methyl sites for hydroxylation is 1. The highest BCUT2D eigenvalue weighted by atomic mass is 16.5. The van der Waals surface area contributed by atoms with Gasteiger partial charge in [0.05, 0.1) is 23.3 Å². The molecule has 1 atom stereocenters. The molecule has 0 spiro atoms. The SMILES string of the molecule is C=C(O)C1(c2ccc(-c3ccc(-c4onc(C)c4CC(=O)O[C@H](C)c4ccccc4)cc3)cc2)CC1. The number of hydrogen-bond donors (Lipinski definition) is 1. The predicted molar refractivity (Wildman–Crippen MR) is 139 cm³/mol. The molecule has 1 saturated carbocycles. The van der Waals surface area contributed by atoms with E-state index in [1.165, 1.54) is 0 Å². The van der Waals surface area contributed by atoms with Gasteiger partial charge in [0.1, 0.15) is 6.10 Å². The van der Waals surface area contributed by atoms with E-state index in [0.29, 0.717) is 11.5 Å². The first kappa shape index (κ1) is 23.6. The quantitative estimate of drug-likeness (QED) is 0.213. The number of aliphatic hydroxyl groups is 1. The first-order chi connectivity index (χ1) is 17.4. The zero-order chi connectivity index (χ0) is 25.3. The number of hydrogen-bond acceptors (Lipinski definition) is 5. The fourth-order valence-corrected chi connectivity index (χ4v) is 4.66. The Balaban J connectivity index is 1.30. The van der Waals surface area contributed by atoms with E-state index in [4.69, 9.17) is 9.26 Å². The van der Waals surface area contributed by atoms with Crippen molar-refractivity contribution in [3.8, 4) is 22.5 Å². The summed E-state index contributed by atoms with van der Waals surface area (Å²) in [5.41, 5.74) is 6.19. The van der Waals surface area contributed by atoms with E-state index in [9.17, 15) is 9.90 Å². The molecule has 0 aliphatic heterocycles. The van der Waals surface area contributed by atoms with Gasteiger partial charge in [-0.1, -0.05) is 90.6 Å². The van der Waals surface area contributed by atoms with Crippen molar-refractivity contribution in [2.24, 2.45) is 0 Å². The molecule has 36 heavy (non-hydrogen) atoms. The summed E-state index contributed by atoms with van der Waals surface area (Å²) in [5, 5.41) is 14.1. The van der Waals surface area contributed by atoms with Gasteiger partial charge in [-0.25, -0.2) is 0 Å². The first-order valence-corrected chi connectivity index (χ1v) is 12.2. The molecule has 1 aromatic heterocycles. The van der Waals surface area contributed by atoms with Crippen LogP contribution in [0.4, 0.5) is 0 Å². The normalized spacial score (nSPS) is 14.7. The van der Waals surface area contributed by atoms with Crippen molar-refractivity contribution in [3.63, 3.8) is 0 Å². The van der Waals surface area contributed by atoms with E-state index in [1.54, 1.807) is 0 Å². The number of esters is 1. The molecule has 5 rings (SSSR count). The summed E-state index contributed by atoms with van der Waals surface area (Å²) in [6.07, 6.45) is 1.63. The second-order valence-corrected chi connectivity index (χ2v) is 9.48. The van der Waals surface area contributed by atoms with Crippen LogP contribution in [0.5, 0.6) is 0 Å². The van der Waals surface area contributed by atoms with Crippen LogP contribution < -0.4 is 0 Å². The molecule has 3 aromatic carbocycles. The maximum atomic E-state index is 12.7. The van der Waals surface area contributed by atoms with Gasteiger partial charge in [-0.2, -0.15) is 0 Å². The predicted octanol–water partition coefficient (Wildman–Crippen LogP) is 7.27. The van der Waals surface area contributed by atoms with Crippen LogP contribution in [0.3, 0.4) is 0 Å². The van der Waals surface area contributed by atoms with Gasteiger partial charge < -0.3 is 14.4 Å². The second kappa shape index (κ2) is 9.50. The number of carbonyl (C=O) groups is 1. The Kier molecular flexibility index (Phi) is 6.23. The summed E-state index contributed by atoms with van der Waals surface area (Å²) in [6.45, 7) is 7.45. The fraction of sp³-hybridized carbons (Fsp3) is 0.226. The minimum atomic E-state index is -0.335. The minimum absolute atomic E-state index is 0.0863. The van der Waals surface area contributed by atoms with Crippen molar-refractivity contribution in [2.75, 3.05) is 0 Å². The van der Waals surface area contributed by atoms with Crippen LogP contribution in [0.15, 0.2) is 95.7 Å². The Labute approximate surface area is 211 Å². The number of rotatable bonds is 8. The molecule has 1 heterocycles. The minimum Gasteiger partial charge on any atom is -0.512 e. The Hall–Kier alpha value is -4.12. The van der Waals surface area contributed by atoms with Gasteiger partial charge in [-0.05, 0) is 48.9 Å². The molecule has 0 unspecified atom stereocenters. The van der Waals surface area contributed by atoms with Crippen LogP contribution in [0.25, 0.3) is 22.5 Å². The third-order valence-electron chi connectivity index (χ3n) is 7.10. The fourth-order valence-electron chi connectivity index (χ4n) is 4.66. The molecule has 0 radical (unpaired) electrons. The summed E-state index contributed by atoms with van der Waals surface area (Å²) in [6, 6.07) is 25.9. The van der Waals surface area contributed by atoms with E-state index < -0.39 is 0 Å². The maximum absolute atomic E-state index is 12.7. The second-order valence-electron chi connectivity index (χ2n) is 9.48. The molecule has 182 valence electrons. The monoisotopic (exact) mass is 479 g/mol. The van der Waals surface area contributed by atoms with E-state index in [0.717, 1.165) is 46.2 Å². The zero-order valence-corrected chi connectivity index (χ0v) is 20.5. The Morgan fingerprint density at radius 1 is 1.00 bits per heavy atom. The van der Waals surface area contributed by atoms with Crippen molar-refractivity contribution < 1.29 is 19.2 Å². The van der Waals surface area contributed by atoms with Gasteiger partial charge in [-0.15, -0.1) is 0 Å². The lowest BCUT2D eigenvalue weighted by atomic mass is 9.92. The number of benzene rings is 3. The van der Waals surface area contributed by atoms with Crippen LogP contribution in [0.1, 0.15) is 48.3 Å². The number of carbonyl (C=O) groups excluding carboxylic acids is 1. The number of nitrogens with zero attached hydrogens (tertiary/aromatic N) is 1. The summed E-state index contributed by atoms with van der Waals surface area (Å²) in [7, 11) is 0. The molecule has 5 heteroatoms. The highest BCUT2D eigenvalue weighted by molar-refractivity contribution is 5.77. The summed E-state index contributed by atoms with van der Waals surface area (Å²) < 4.78 is 11.3. The number of aromatic nitrogens is 1. The van der Waals surface area contributed by atoms with Crippen molar-refractivity contribution in [2.45, 2.75) is 44.6 Å². The molecule has 1 fully saturated rings. The zero-order valence-electron chi connectivity index (χ0n) is 20.5. The molecular weight excluding hydrogens is 450 g/mol. The first-order valence-electron chi connectivity index (χ1n) is 12.2. The van der Waals surface area contributed by atoms with Crippen molar-refractivity contribution in [1.82, 2.24) is 5.16 Å². The average Bonchev–Trinajstić information content (AvgIpc) is 3.64. The molecule has 1 aliphatic rings. The lowest BCUT2D eigenvalue weighted by Gasteiger charge is -2.14. The van der Waals surface area contributed by atoms with Crippen LogP contribution >= 0.6 is 0 Å².